The second-order valence-corrected chi connectivity index (χ2v) is 7.28. The average molecular weight is 361 g/mol. The number of hydrogen-bond donors (Lipinski definition) is 1. The minimum Gasteiger partial charge on any atom is -0.497 e. The summed E-state index contributed by atoms with van der Waals surface area (Å²) in [6.07, 6.45) is 4.13. The molecule has 1 amide bonds. The molecule has 2 rings (SSSR count). The number of amides is 1. The third-order valence-electron chi connectivity index (χ3n) is 3.35. The summed E-state index contributed by atoms with van der Waals surface area (Å²) in [4.78, 5) is 12.2. The van der Waals surface area contributed by atoms with E-state index in [2.05, 4.69) is 5.32 Å². The Kier molecular flexibility index (Phi) is 5.82. The molecule has 0 saturated heterocycles. The average Bonchev–Trinajstić information content (AvgIpc) is 2.59. The van der Waals surface area contributed by atoms with Gasteiger partial charge in [0.15, 0.2) is 9.84 Å². The van der Waals surface area contributed by atoms with Crippen molar-refractivity contribution in [1.82, 2.24) is 0 Å². The summed E-state index contributed by atoms with van der Waals surface area (Å²) in [5.41, 5.74) is 1.25. The van der Waals surface area contributed by atoms with Gasteiger partial charge in [-0.15, -0.1) is 0 Å². The highest BCUT2D eigenvalue weighted by atomic mass is 32.2. The van der Waals surface area contributed by atoms with E-state index >= 15 is 0 Å². The van der Waals surface area contributed by atoms with E-state index in [-0.39, 0.29) is 10.8 Å². The number of nitrogens with one attached hydrogen (secondary N) is 1. The minimum absolute atomic E-state index is 0.199. The fraction of sp³-hybridized carbons (Fsp3) is 0.167. The fourth-order valence-electron chi connectivity index (χ4n) is 2.07. The highest BCUT2D eigenvalue weighted by Gasteiger charge is 2.07. The molecule has 0 bridgehead atoms. The van der Waals surface area contributed by atoms with Crippen molar-refractivity contribution in [2.45, 2.75) is 4.90 Å². The van der Waals surface area contributed by atoms with E-state index in [9.17, 15) is 13.2 Å². The first-order chi connectivity index (χ1) is 11.8. The smallest absolute Gasteiger partial charge is 0.248 e. The van der Waals surface area contributed by atoms with Gasteiger partial charge in [-0.2, -0.15) is 0 Å². The number of anilines is 1. The van der Waals surface area contributed by atoms with E-state index < -0.39 is 9.84 Å². The highest BCUT2D eigenvalue weighted by Crippen LogP contribution is 2.23. The van der Waals surface area contributed by atoms with Gasteiger partial charge in [0.2, 0.25) is 5.91 Å². The van der Waals surface area contributed by atoms with Gasteiger partial charge in [0.25, 0.3) is 0 Å². The van der Waals surface area contributed by atoms with Gasteiger partial charge < -0.3 is 14.8 Å². The van der Waals surface area contributed by atoms with E-state index in [1.54, 1.807) is 38.5 Å². The van der Waals surface area contributed by atoms with Gasteiger partial charge in [-0.1, -0.05) is 0 Å². The van der Waals surface area contributed by atoms with Crippen molar-refractivity contribution < 1.29 is 22.7 Å². The number of benzene rings is 2. The number of methoxy groups -OCH3 is 2. The monoisotopic (exact) mass is 361 g/mol. The van der Waals surface area contributed by atoms with Crippen molar-refractivity contribution in [1.29, 1.82) is 0 Å². The molecule has 0 atom stereocenters. The molecule has 0 aliphatic heterocycles. The summed E-state index contributed by atoms with van der Waals surface area (Å²) >= 11 is 0. The lowest BCUT2D eigenvalue weighted by molar-refractivity contribution is -0.111. The number of sulfone groups is 1. The van der Waals surface area contributed by atoms with Crippen LogP contribution in [0.5, 0.6) is 11.5 Å². The van der Waals surface area contributed by atoms with E-state index in [0.717, 1.165) is 11.8 Å². The van der Waals surface area contributed by atoms with E-state index in [0.29, 0.717) is 17.2 Å². The van der Waals surface area contributed by atoms with Crippen LogP contribution in [0.3, 0.4) is 0 Å². The molecule has 0 radical (unpaired) electrons. The zero-order valence-corrected chi connectivity index (χ0v) is 15.0. The van der Waals surface area contributed by atoms with Gasteiger partial charge >= 0.3 is 0 Å². The molecule has 0 aliphatic rings. The molecule has 0 aliphatic carbocycles. The zero-order valence-electron chi connectivity index (χ0n) is 14.1. The summed E-state index contributed by atoms with van der Waals surface area (Å²) < 4.78 is 33.2. The van der Waals surface area contributed by atoms with Crippen molar-refractivity contribution in [3.8, 4) is 11.5 Å². The van der Waals surface area contributed by atoms with Gasteiger partial charge in [0, 0.05) is 24.1 Å². The topological polar surface area (TPSA) is 81.7 Å². The first-order valence-electron chi connectivity index (χ1n) is 7.34. The Bertz CT molecular complexity index is 864. The molecular formula is C18H19NO5S. The maximum Gasteiger partial charge on any atom is 0.248 e. The number of carbonyl (C=O) groups is 1. The first-order valence-corrected chi connectivity index (χ1v) is 9.23. The van der Waals surface area contributed by atoms with E-state index in [1.807, 2.05) is 0 Å². The van der Waals surface area contributed by atoms with Gasteiger partial charge in [-0.25, -0.2) is 8.42 Å². The van der Waals surface area contributed by atoms with Crippen LogP contribution < -0.4 is 14.8 Å². The van der Waals surface area contributed by atoms with Crippen molar-refractivity contribution in [3.63, 3.8) is 0 Å². The van der Waals surface area contributed by atoms with Crippen LogP contribution in [0, 0.1) is 0 Å². The van der Waals surface area contributed by atoms with Gasteiger partial charge in [-0.3, -0.25) is 4.79 Å². The molecular weight excluding hydrogens is 342 g/mol. The van der Waals surface area contributed by atoms with Crippen LogP contribution in [0.4, 0.5) is 5.69 Å². The lowest BCUT2D eigenvalue weighted by atomic mass is 10.2. The SMILES string of the molecule is COc1cc(/C=C/C(=O)Nc2ccc(S(C)(=O)=O)cc2)cc(OC)c1. The molecule has 25 heavy (non-hydrogen) atoms. The van der Waals surface area contributed by atoms with Crippen LogP contribution >= 0.6 is 0 Å². The third kappa shape index (κ3) is 5.36. The molecule has 0 heterocycles. The molecule has 1 N–H and O–H groups in total. The Morgan fingerprint density at radius 3 is 2.04 bits per heavy atom. The normalized spacial score (nSPS) is 11.3. The number of hydrogen-bond acceptors (Lipinski definition) is 5. The molecule has 0 saturated carbocycles. The van der Waals surface area contributed by atoms with Crippen LogP contribution in [0.1, 0.15) is 5.56 Å². The van der Waals surface area contributed by atoms with Crippen molar-refractivity contribution in [3.05, 3.63) is 54.1 Å². The lowest BCUT2D eigenvalue weighted by Gasteiger charge is -2.06. The molecule has 2 aromatic carbocycles. The Balaban J connectivity index is 2.08. The number of ether oxygens (including phenoxy) is 2. The lowest BCUT2D eigenvalue weighted by Crippen LogP contribution is -2.08. The molecule has 0 aromatic heterocycles. The zero-order chi connectivity index (χ0) is 18.4. The number of carbonyl (C=O) groups excluding carboxylic acids is 1. The Labute approximate surface area is 147 Å². The molecule has 0 spiro atoms. The summed E-state index contributed by atoms with van der Waals surface area (Å²) in [5, 5.41) is 2.66. The predicted octanol–water partition coefficient (Wildman–Crippen LogP) is 2.76. The molecule has 7 heteroatoms. The summed E-state index contributed by atoms with van der Waals surface area (Å²) in [6.45, 7) is 0. The minimum atomic E-state index is -3.26. The summed E-state index contributed by atoms with van der Waals surface area (Å²) in [7, 11) is -0.157. The maximum atomic E-state index is 12.0. The molecule has 0 fully saturated rings. The summed E-state index contributed by atoms with van der Waals surface area (Å²) in [5.74, 6) is 0.903. The quantitative estimate of drug-likeness (QED) is 0.800. The Morgan fingerprint density at radius 2 is 1.56 bits per heavy atom. The van der Waals surface area contributed by atoms with Gasteiger partial charge in [0.1, 0.15) is 11.5 Å². The highest BCUT2D eigenvalue weighted by molar-refractivity contribution is 7.90. The maximum absolute atomic E-state index is 12.0. The third-order valence-corrected chi connectivity index (χ3v) is 4.48. The summed E-state index contributed by atoms with van der Waals surface area (Å²) in [6, 6.07) is 11.2. The van der Waals surface area contributed by atoms with Crippen molar-refractivity contribution in [2.75, 3.05) is 25.8 Å². The van der Waals surface area contributed by atoms with Crippen LogP contribution in [-0.4, -0.2) is 34.8 Å². The van der Waals surface area contributed by atoms with Gasteiger partial charge in [0.05, 0.1) is 19.1 Å². The van der Waals surface area contributed by atoms with Crippen LogP contribution in [0.2, 0.25) is 0 Å². The van der Waals surface area contributed by atoms with Crippen molar-refractivity contribution in [2.24, 2.45) is 0 Å². The second kappa shape index (κ2) is 7.85. The van der Waals surface area contributed by atoms with Crippen LogP contribution in [0.25, 0.3) is 6.08 Å². The number of rotatable bonds is 6. The van der Waals surface area contributed by atoms with Crippen molar-refractivity contribution >= 4 is 27.5 Å². The molecule has 132 valence electrons. The predicted molar refractivity (Wildman–Crippen MR) is 96.8 cm³/mol. The Morgan fingerprint density at radius 1 is 1.00 bits per heavy atom. The molecule has 0 unspecified atom stereocenters. The molecule has 2 aromatic rings. The first kappa shape index (κ1) is 18.5. The van der Waals surface area contributed by atoms with E-state index in [1.165, 1.54) is 30.3 Å². The van der Waals surface area contributed by atoms with E-state index in [4.69, 9.17) is 9.47 Å². The second-order valence-electron chi connectivity index (χ2n) is 5.27. The van der Waals surface area contributed by atoms with Crippen LogP contribution in [0.15, 0.2) is 53.4 Å². The standard InChI is InChI=1S/C18H19NO5S/c1-23-15-10-13(11-16(12-15)24-2)4-9-18(20)19-14-5-7-17(8-6-14)25(3,21)22/h4-12H,1-3H3,(H,19,20)/b9-4+. The fourth-order valence-corrected chi connectivity index (χ4v) is 2.70. The van der Waals surface area contributed by atoms with Crippen LogP contribution in [-0.2, 0) is 14.6 Å². The Hall–Kier alpha value is -2.80. The van der Waals surface area contributed by atoms with Gasteiger partial charge in [-0.05, 0) is 48.0 Å². The largest absolute Gasteiger partial charge is 0.497 e. The molecule has 6 nitrogen and oxygen atoms in total.